The number of hydrogen-bond donors (Lipinski definition) is 1. The number of nitrogens with one attached hydrogen (secondary N) is 1. The molecule has 140 valence electrons. The van der Waals surface area contributed by atoms with Crippen molar-refractivity contribution in [1.29, 1.82) is 0 Å². The molecule has 4 nitrogen and oxygen atoms in total. The SMILES string of the molecule is O=S(=O)(NCc1ccc(N2CCCC2)cc1)c1cccc(C(F)(F)F)c1. The maximum atomic E-state index is 12.8. The predicted octanol–water partition coefficient (Wildman–Crippen LogP) is 3.78. The van der Waals surface area contributed by atoms with Crippen molar-refractivity contribution in [1.82, 2.24) is 4.72 Å². The van der Waals surface area contributed by atoms with Gasteiger partial charge in [-0.2, -0.15) is 13.2 Å². The zero-order valence-corrected chi connectivity index (χ0v) is 14.8. The molecule has 0 bridgehead atoms. The van der Waals surface area contributed by atoms with Gasteiger partial charge in [-0.15, -0.1) is 0 Å². The number of alkyl halides is 3. The normalized spacial score (nSPS) is 15.4. The molecule has 2 aromatic rings. The standard InChI is InChI=1S/C18H19F3N2O2S/c19-18(20,21)15-4-3-5-17(12-15)26(24,25)22-13-14-6-8-16(9-7-14)23-10-1-2-11-23/h3-9,12,22H,1-2,10-11,13H2. The molecular formula is C18H19F3N2O2S. The number of nitrogens with zero attached hydrogens (tertiary/aromatic N) is 1. The van der Waals surface area contributed by atoms with Gasteiger partial charge in [-0.25, -0.2) is 13.1 Å². The first-order chi connectivity index (χ1) is 12.3. The van der Waals surface area contributed by atoms with Crippen LogP contribution in [0.1, 0.15) is 24.0 Å². The lowest BCUT2D eigenvalue weighted by Gasteiger charge is -2.17. The lowest BCUT2D eigenvalue weighted by molar-refractivity contribution is -0.137. The smallest absolute Gasteiger partial charge is 0.372 e. The number of benzene rings is 2. The van der Waals surface area contributed by atoms with Gasteiger partial charge in [0.15, 0.2) is 0 Å². The van der Waals surface area contributed by atoms with E-state index in [1.54, 1.807) is 0 Å². The summed E-state index contributed by atoms with van der Waals surface area (Å²) in [6.45, 7) is 2.04. The zero-order valence-electron chi connectivity index (χ0n) is 14.0. The van der Waals surface area contributed by atoms with Crippen LogP contribution in [0.3, 0.4) is 0 Å². The topological polar surface area (TPSA) is 49.4 Å². The van der Waals surface area contributed by atoms with E-state index in [-0.39, 0.29) is 6.54 Å². The molecule has 2 aromatic carbocycles. The Balaban J connectivity index is 1.68. The summed E-state index contributed by atoms with van der Waals surface area (Å²) in [4.78, 5) is 1.86. The van der Waals surface area contributed by atoms with Crippen molar-refractivity contribution in [2.75, 3.05) is 18.0 Å². The Labute approximate surface area is 150 Å². The van der Waals surface area contributed by atoms with Crippen LogP contribution in [0.4, 0.5) is 18.9 Å². The van der Waals surface area contributed by atoms with E-state index in [0.717, 1.165) is 42.5 Å². The molecule has 1 saturated heterocycles. The summed E-state index contributed by atoms with van der Waals surface area (Å²) in [5.74, 6) is 0. The average molecular weight is 384 g/mol. The maximum absolute atomic E-state index is 12.8. The van der Waals surface area contributed by atoms with Crippen molar-refractivity contribution < 1.29 is 21.6 Å². The highest BCUT2D eigenvalue weighted by atomic mass is 32.2. The largest absolute Gasteiger partial charge is 0.416 e. The quantitative estimate of drug-likeness (QED) is 0.854. The minimum atomic E-state index is -4.59. The van der Waals surface area contributed by atoms with Crippen LogP contribution in [0.25, 0.3) is 0 Å². The highest BCUT2D eigenvalue weighted by Gasteiger charge is 2.31. The molecule has 0 aliphatic carbocycles. The Bertz CT molecular complexity index is 859. The molecule has 0 spiro atoms. The van der Waals surface area contributed by atoms with E-state index >= 15 is 0 Å². The molecule has 1 N–H and O–H groups in total. The maximum Gasteiger partial charge on any atom is 0.416 e. The number of hydrogen-bond acceptors (Lipinski definition) is 3. The molecule has 1 aliphatic rings. The fourth-order valence-corrected chi connectivity index (χ4v) is 3.96. The van der Waals surface area contributed by atoms with Crippen molar-refractivity contribution in [2.45, 2.75) is 30.5 Å². The Kier molecular flexibility index (Phi) is 5.24. The van der Waals surface area contributed by atoms with Crippen LogP contribution in [-0.2, 0) is 22.7 Å². The van der Waals surface area contributed by atoms with Crippen LogP contribution in [0.5, 0.6) is 0 Å². The van der Waals surface area contributed by atoms with E-state index in [2.05, 4.69) is 9.62 Å². The van der Waals surface area contributed by atoms with Crippen molar-refractivity contribution in [2.24, 2.45) is 0 Å². The van der Waals surface area contributed by atoms with Crippen LogP contribution in [-0.4, -0.2) is 21.5 Å². The van der Waals surface area contributed by atoms with Gasteiger partial charge in [0, 0.05) is 25.3 Å². The van der Waals surface area contributed by atoms with Crippen LogP contribution in [0.15, 0.2) is 53.4 Å². The molecule has 0 saturated carbocycles. The van der Waals surface area contributed by atoms with E-state index in [1.165, 1.54) is 12.8 Å². The fraction of sp³-hybridized carbons (Fsp3) is 0.333. The average Bonchev–Trinajstić information content (AvgIpc) is 3.15. The Morgan fingerprint density at radius 1 is 1.00 bits per heavy atom. The highest BCUT2D eigenvalue weighted by Crippen LogP contribution is 2.30. The molecule has 1 fully saturated rings. The first-order valence-electron chi connectivity index (χ1n) is 8.26. The highest BCUT2D eigenvalue weighted by molar-refractivity contribution is 7.89. The monoisotopic (exact) mass is 384 g/mol. The molecule has 0 amide bonds. The van der Waals surface area contributed by atoms with Crippen LogP contribution in [0, 0.1) is 0 Å². The van der Waals surface area contributed by atoms with Crippen molar-refractivity contribution >= 4 is 15.7 Å². The summed E-state index contributed by atoms with van der Waals surface area (Å²) >= 11 is 0. The molecule has 0 aromatic heterocycles. The number of anilines is 1. The molecule has 1 heterocycles. The van der Waals surface area contributed by atoms with E-state index in [9.17, 15) is 21.6 Å². The van der Waals surface area contributed by atoms with Gasteiger partial charge < -0.3 is 4.90 Å². The van der Waals surface area contributed by atoms with Gasteiger partial charge in [-0.3, -0.25) is 0 Å². The van der Waals surface area contributed by atoms with Crippen molar-refractivity contribution in [3.8, 4) is 0 Å². The summed E-state index contributed by atoms with van der Waals surface area (Å²) in [7, 11) is -4.03. The van der Waals surface area contributed by atoms with Crippen LogP contribution >= 0.6 is 0 Å². The zero-order chi connectivity index (χ0) is 18.8. The second-order valence-corrected chi connectivity index (χ2v) is 7.98. The van der Waals surface area contributed by atoms with Gasteiger partial charge in [0.2, 0.25) is 10.0 Å². The molecular weight excluding hydrogens is 365 g/mol. The molecule has 3 rings (SSSR count). The molecule has 8 heteroatoms. The Morgan fingerprint density at radius 2 is 1.65 bits per heavy atom. The summed E-state index contributed by atoms with van der Waals surface area (Å²) < 4.78 is 65.2. The van der Waals surface area contributed by atoms with Gasteiger partial charge in [-0.1, -0.05) is 18.2 Å². The minimum Gasteiger partial charge on any atom is -0.372 e. The minimum absolute atomic E-state index is 0.0128. The number of halogens is 3. The predicted molar refractivity (Wildman–Crippen MR) is 93.4 cm³/mol. The molecule has 1 aliphatic heterocycles. The first-order valence-corrected chi connectivity index (χ1v) is 9.75. The van der Waals surface area contributed by atoms with E-state index in [1.807, 2.05) is 24.3 Å². The fourth-order valence-electron chi connectivity index (χ4n) is 2.90. The third-order valence-electron chi connectivity index (χ3n) is 4.35. The Hall–Kier alpha value is -2.06. The summed E-state index contributed by atoms with van der Waals surface area (Å²) in [5.41, 5.74) is 0.839. The summed E-state index contributed by atoms with van der Waals surface area (Å²) in [6.07, 6.45) is -2.26. The van der Waals surface area contributed by atoms with Crippen molar-refractivity contribution in [3.63, 3.8) is 0 Å². The summed E-state index contributed by atoms with van der Waals surface area (Å²) in [6, 6.07) is 11.2. The second kappa shape index (κ2) is 7.28. The van der Waals surface area contributed by atoms with E-state index < -0.39 is 26.7 Å². The molecule has 26 heavy (non-hydrogen) atoms. The van der Waals surface area contributed by atoms with E-state index in [0.29, 0.717) is 6.07 Å². The van der Waals surface area contributed by atoms with Gasteiger partial charge in [0.25, 0.3) is 0 Å². The third-order valence-corrected chi connectivity index (χ3v) is 5.74. The lowest BCUT2D eigenvalue weighted by atomic mass is 10.2. The molecule has 0 unspecified atom stereocenters. The van der Waals surface area contributed by atoms with Gasteiger partial charge in [-0.05, 0) is 48.7 Å². The number of sulfonamides is 1. The third kappa shape index (κ3) is 4.37. The molecule has 0 radical (unpaired) electrons. The lowest BCUT2D eigenvalue weighted by Crippen LogP contribution is -2.24. The van der Waals surface area contributed by atoms with Gasteiger partial charge in [0.05, 0.1) is 10.5 Å². The van der Waals surface area contributed by atoms with Gasteiger partial charge in [0.1, 0.15) is 0 Å². The molecule has 0 atom stereocenters. The van der Waals surface area contributed by atoms with Crippen LogP contribution in [0.2, 0.25) is 0 Å². The summed E-state index contributed by atoms with van der Waals surface area (Å²) in [5, 5.41) is 0. The van der Waals surface area contributed by atoms with Crippen molar-refractivity contribution in [3.05, 3.63) is 59.7 Å². The van der Waals surface area contributed by atoms with Gasteiger partial charge >= 0.3 is 6.18 Å². The second-order valence-electron chi connectivity index (χ2n) is 6.21. The Morgan fingerprint density at radius 3 is 2.27 bits per heavy atom. The van der Waals surface area contributed by atoms with Crippen LogP contribution < -0.4 is 9.62 Å². The first kappa shape index (κ1) is 18.7. The number of rotatable bonds is 5. The van der Waals surface area contributed by atoms with E-state index in [4.69, 9.17) is 0 Å².